The van der Waals surface area contributed by atoms with Gasteiger partial charge in [0.1, 0.15) is 5.75 Å². The first-order chi connectivity index (χ1) is 9.83. The molecule has 1 aromatic rings. The number of sulfonamides is 1. The lowest BCUT2D eigenvalue weighted by Crippen LogP contribution is -2.33. The summed E-state index contributed by atoms with van der Waals surface area (Å²) in [5.74, 6) is -0.801. The number of aliphatic carboxylic acids is 1. The van der Waals surface area contributed by atoms with Crippen LogP contribution in [0.5, 0.6) is 5.75 Å². The molecule has 0 aromatic heterocycles. The maximum absolute atomic E-state index is 12.3. The van der Waals surface area contributed by atoms with Gasteiger partial charge < -0.3 is 9.84 Å². The van der Waals surface area contributed by atoms with Crippen molar-refractivity contribution in [2.45, 2.75) is 30.2 Å². The number of rotatable bonds is 5. The van der Waals surface area contributed by atoms with E-state index in [2.05, 4.69) is 20.7 Å². The zero-order valence-corrected chi connectivity index (χ0v) is 13.8. The second-order valence-electron chi connectivity index (χ2n) is 4.96. The molecule has 0 unspecified atom stereocenters. The van der Waals surface area contributed by atoms with Gasteiger partial charge in [-0.3, -0.25) is 4.79 Å². The van der Waals surface area contributed by atoms with E-state index in [9.17, 15) is 13.2 Å². The standard InChI is InChI=1S/C13H16BrNO5S/c1-20-12-5-4-10(7-11(12)14)21(18,19)15-9-3-2-8(6-9)13(16)17/h4-5,7-9,15H,2-3,6H2,1H3,(H,16,17)/t8-,9+/m1/s1. The molecule has 1 saturated carbocycles. The van der Waals surface area contributed by atoms with Crippen LogP contribution in [0.1, 0.15) is 19.3 Å². The normalized spacial score (nSPS) is 22.2. The summed E-state index contributed by atoms with van der Waals surface area (Å²) in [5.41, 5.74) is 0. The number of hydrogen-bond acceptors (Lipinski definition) is 4. The summed E-state index contributed by atoms with van der Waals surface area (Å²) in [4.78, 5) is 11.0. The number of halogens is 1. The van der Waals surface area contributed by atoms with Gasteiger partial charge in [-0.25, -0.2) is 13.1 Å². The highest BCUT2D eigenvalue weighted by molar-refractivity contribution is 9.10. The summed E-state index contributed by atoms with van der Waals surface area (Å²) >= 11 is 3.25. The van der Waals surface area contributed by atoms with Crippen LogP contribution >= 0.6 is 15.9 Å². The molecule has 0 saturated heterocycles. The Morgan fingerprint density at radius 3 is 2.67 bits per heavy atom. The van der Waals surface area contributed by atoms with Gasteiger partial charge >= 0.3 is 5.97 Å². The van der Waals surface area contributed by atoms with Crippen molar-refractivity contribution in [2.24, 2.45) is 5.92 Å². The van der Waals surface area contributed by atoms with Crippen molar-refractivity contribution in [1.82, 2.24) is 4.72 Å². The lowest BCUT2D eigenvalue weighted by atomic mass is 10.1. The van der Waals surface area contributed by atoms with E-state index in [1.54, 1.807) is 6.07 Å². The number of hydrogen-bond donors (Lipinski definition) is 2. The molecular weight excluding hydrogens is 362 g/mol. The average molecular weight is 378 g/mol. The van der Waals surface area contributed by atoms with Crippen molar-refractivity contribution in [3.05, 3.63) is 22.7 Å². The molecule has 116 valence electrons. The van der Waals surface area contributed by atoms with Crippen molar-refractivity contribution in [2.75, 3.05) is 7.11 Å². The average Bonchev–Trinajstić information content (AvgIpc) is 2.86. The topological polar surface area (TPSA) is 92.7 Å². The predicted octanol–water partition coefficient (Wildman–Crippen LogP) is 1.99. The first-order valence-electron chi connectivity index (χ1n) is 6.42. The van der Waals surface area contributed by atoms with Gasteiger partial charge in [0.2, 0.25) is 10.0 Å². The number of methoxy groups -OCH3 is 1. The summed E-state index contributed by atoms with van der Waals surface area (Å²) in [5, 5.41) is 8.94. The van der Waals surface area contributed by atoms with Gasteiger partial charge in [-0.05, 0) is 53.4 Å². The second kappa shape index (κ2) is 6.33. The lowest BCUT2D eigenvalue weighted by Gasteiger charge is -2.14. The smallest absolute Gasteiger partial charge is 0.306 e. The van der Waals surface area contributed by atoms with Crippen LogP contribution in [-0.4, -0.2) is 32.6 Å². The number of nitrogens with one attached hydrogen (secondary N) is 1. The maximum Gasteiger partial charge on any atom is 0.306 e. The molecule has 1 aromatic carbocycles. The molecule has 0 radical (unpaired) electrons. The Kier molecular flexibility index (Phi) is 4.90. The minimum Gasteiger partial charge on any atom is -0.496 e. The fourth-order valence-electron chi connectivity index (χ4n) is 2.41. The Balaban J connectivity index is 2.12. The Bertz CT molecular complexity index is 646. The summed E-state index contributed by atoms with van der Waals surface area (Å²) in [6.07, 6.45) is 1.36. The van der Waals surface area contributed by atoms with Gasteiger partial charge in [-0.15, -0.1) is 0 Å². The SMILES string of the molecule is COc1ccc(S(=O)(=O)N[C@H]2CC[C@@H](C(=O)O)C2)cc1Br. The minimum atomic E-state index is -3.67. The molecule has 8 heteroatoms. The quantitative estimate of drug-likeness (QED) is 0.818. The van der Waals surface area contributed by atoms with Crippen LogP contribution in [0.4, 0.5) is 0 Å². The number of carboxylic acids is 1. The predicted molar refractivity (Wildman–Crippen MR) is 79.8 cm³/mol. The maximum atomic E-state index is 12.3. The van der Waals surface area contributed by atoms with Crippen LogP contribution in [0.25, 0.3) is 0 Å². The molecule has 6 nitrogen and oxygen atoms in total. The molecule has 0 bridgehead atoms. The molecule has 0 aliphatic heterocycles. The van der Waals surface area contributed by atoms with Crippen molar-refractivity contribution in [3.63, 3.8) is 0 Å². The van der Waals surface area contributed by atoms with Gasteiger partial charge in [-0.2, -0.15) is 0 Å². The van der Waals surface area contributed by atoms with Gasteiger partial charge in [0, 0.05) is 6.04 Å². The molecule has 1 aliphatic carbocycles. The molecule has 1 fully saturated rings. The fourth-order valence-corrected chi connectivity index (χ4v) is 4.42. The van der Waals surface area contributed by atoms with E-state index in [0.29, 0.717) is 29.5 Å². The third kappa shape index (κ3) is 3.75. The van der Waals surface area contributed by atoms with E-state index >= 15 is 0 Å². The van der Waals surface area contributed by atoms with E-state index in [0.717, 1.165) is 0 Å². The lowest BCUT2D eigenvalue weighted by molar-refractivity contribution is -0.141. The van der Waals surface area contributed by atoms with Gasteiger partial charge in [0.25, 0.3) is 0 Å². The van der Waals surface area contributed by atoms with Crippen molar-refractivity contribution in [3.8, 4) is 5.75 Å². The molecule has 0 spiro atoms. The largest absolute Gasteiger partial charge is 0.496 e. The van der Waals surface area contributed by atoms with Crippen molar-refractivity contribution < 1.29 is 23.1 Å². The highest BCUT2D eigenvalue weighted by Crippen LogP contribution is 2.29. The third-order valence-corrected chi connectivity index (χ3v) is 5.68. The van der Waals surface area contributed by atoms with E-state index in [4.69, 9.17) is 9.84 Å². The van der Waals surface area contributed by atoms with Crippen LogP contribution in [0.3, 0.4) is 0 Å². The Morgan fingerprint density at radius 1 is 1.43 bits per heavy atom. The highest BCUT2D eigenvalue weighted by Gasteiger charge is 2.32. The van der Waals surface area contributed by atoms with Crippen LogP contribution in [0.15, 0.2) is 27.6 Å². The molecular formula is C13H16BrNO5S. The Morgan fingerprint density at radius 2 is 2.14 bits per heavy atom. The minimum absolute atomic E-state index is 0.119. The second-order valence-corrected chi connectivity index (χ2v) is 7.53. The number of ether oxygens (including phenoxy) is 1. The third-order valence-electron chi connectivity index (χ3n) is 3.54. The fraction of sp³-hybridized carbons (Fsp3) is 0.462. The molecule has 0 amide bonds. The summed E-state index contributed by atoms with van der Waals surface area (Å²) < 4.78 is 32.8. The van der Waals surface area contributed by atoms with E-state index in [1.165, 1.54) is 19.2 Å². The molecule has 2 atom stereocenters. The molecule has 2 rings (SSSR count). The number of benzene rings is 1. The zero-order valence-electron chi connectivity index (χ0n) is 11.4. The van der Waals surface area contributed by atoms with Crippen LogP contribution < -0.4 is 9.46 Å². The van der Waals surface area contributed by atoms with Crippen molar-refractivity contribution >= 4 is 31.9 Å². The van der Waals surface area contributed by atoms with E-state index in [-0.39, 0.29) is 10.9 Å². The van der Waals surface area contributed by atoms with Crippen LogP contribution in [0, 0.1) is 5.92 Å². The summed E-state index contributed by atoms with van der Waals surface area (Å²) in [6.45, 7) is 0. The van der Waals surface area contributed by atoms with Crippen LogP contribution in [0.2, 0.25) is 0 Å². The first kappa shape index (κ1) is 16.3. The molecule has 1 aliphatic rings. The molecule has 21 heavy (non-hydrogen) atoms. The van der Waals surface area contributed by atoms with Gasteiger partial charge in [0.15, 0.2) is 0 Å². The monoisotopic (exact) mass is 377 g/mol. The van der Waals surface area contributed by atoms with E-state index < -0.39 is 21.9 Å². The summed E-state index contributed by atoms with van der Waals surface area (Å²) in [6, 6.07) is 4.14. The van der Waals surface area contributed by atoms with Gasteiger partial charge in [-0.1, -0.05) is 0 Å². The van der Waals surface area contributed by atoms with E-state index in [1.807, 2.05) is 0 Å². The van der Waals surface area contributed by atoms with Gasteiger partial charge in [0.05, 0.1) is 22.4 Å². The van der Waals surface area contributed by atoms with Crippen molar-refractivity contribution in [1.29, 1.82) is 0 Å². The molecule has 2 N–H and O–H groups in total. The molecule has 0 heterocycles. The number of carbonyl (C=O) groups is 1. The highest BCUT2D eigenvalue weighted by atomic mass is 79.9. The Labute approximate surface area is 131 Å². The van der Waals surface area contributed by atoms with Crippen LogP contribution in [-0.2, 0) is 14.8 Å². The first-order valence-corrected chi connectivity index (χ1v) is 8.70. The summed E-state index contributed by atoms with van der Waals surface area (Å²) in [7, 11) is -2.17. The Hall–Kier alpha value is -1.12. The zero-order chi connectivity index (χ0) is 15.6. The number of carboxylic acid groups (broad SMARTS) is 1.